The van der Waals surface area contributed by atoms with E-state index in [0.29, 0.717) is 11.4 Å². The van der Waals surface area contributed by atoms with Crippen LogP contribution in [0.25, 0.3) is 0 Å². The molecule has 0 atom stereocenters. The van der Waals surface area contributed by atoms with Crippen LogP contribution in [0.4, 0.5) is 5.69 Å². The molecule has 0 spiro atoms. The molecule has 16 heavy (non-hydrogen) atoms. The van der Waals surface area contributed by atoms with Gasteiger partial charge in [0.1, 0.15) is 5.75 Å². The molecular weight excluding hydrogens is 334 g/mol. The smallest absolute Gasteiger partial charge is 0.151 e. The van der Waals surface area contributed by atoms with Crippen LogP contribution >= 0.6 is 31.9 Å². The zero-order valence-corrected chi connectivity index (χ0v) is 11.5. The molecule has 4 heteroatoms. The summed E-state index contributed by atoms with van der Waals surface area (Å²) in [5, 5.41) is 0. The summed E-state index contributed by atoms with van der Waals surface area (Å²) in [6.07, 6.45) is 0. The van der Waals surface area contributed by atoms with E-state index in [0.717, 1.165) is 14.7 Å². The van der Waals surface area contributed by atoms with Gasteiger partial charge in [0.15, 0.2) is 5.75 Å². The largest absolute Gasteiger partial charge is 0.455 e. The van der Waals surface area contributed by atoms with Crippen LogP contribution in [-0.2, 0) is 0 Å². The number of halogens is 2. The molecule has 0 fully saturated rings. The average molecular weight is 343 g/mol. The first-order valence-corrected chi connectivity index (χ1v) is 6.22. The van der Waals surface area contributed by atoms with Crippen molar-refractivity contribution in [2.75, 3.05) is 5.73 Å². The monoisotopic (exact) mass is 341 g/mol. The van der Waals surface area contributed by atoms with E-state index in [2.05, 4.69) is 31.9 Å². The van der Waals surface area contributed by atoms with E-state index in [1.165, 1.54) is 0 Å². The van der Waals surface area contributed by atoms with Gasteiger partial charge in [-0.3, -0.25) is 0 Å². The third kappa shape index (κ3) is 2.77. The maximum atomic E-state index is 5.82. The zero-order valence-electron chi connectivity index (χ0n) is 8.28. The third-order valence-electron chi connectivity index (χ3n) is 2.00. The zero-order chi connectivity index (χ0) is 11.5. The molecule has 82 valence electrons. The minimum atomic E-state index is 0.614. The van der Waals surface area contributed by atoms with Gasteiger partial charge in [0, 0.05) is 8.95 Å². The molecule has 0 aliphatic rings. The average Bonchev–Trinajstić information content (AvgIpc) is 2.24. The van der Waals surface area contributed by atoms with E-state index in [4.69, 9.17) is 10.5 Å². The number of benzene rings is 2. The van der Waals surface area contributed by atoms with E-state index in [9.17, 15) is 0 Å². The van der Waals surface area contributed by atoms with Crippen molar-refractivity contribution in [1.29, 1.82) is 0 Å². The van der Waals surface area contributed by atoms with Gasteiger partial charge in [0.2, 0.25) is 0 Å². The maximum Gasteiger partial charge on any atom is 0.151 e. The highest BCUT2D eigenvalue weighted by Gasteiger charge is 2.03. The molecular formula is C12H9Br2NO. The number of rotatable bonds is 2. The Morgan fingerprint density at radius 1 is 0.938 bits per heavy atom. The molecule has 0 saturated heterocycles. The summed E-state index contributed by atoms with van der Waals surface area (Å²) in [6, 6.07) is 13.1. The van der Waals surface area contributed by atoms with Gasteiger partial charge in [-0.2, -0.15) is 0 Å². The summed E-state index contributed by atoms with van der Waals surface area (Å²) in [5.41, 5.74) is 6.43. The van der Waals surface area contributed by atoms with Gasteiger partial charge in [0.25, 0.3) is 0 Å². The van der Waals surface area contributed by atoms with Crippen LogP contribution in [-0.4, -0.2) is 0 Å². The number of hydrogen-bond acceptors (Lipinski definition) is 2. The van der Waals surface area contributed by atoms with Gasteiger partial charge < -0.3 is 10.5 Å². The SMILES string of the molecule is Nc1ccc(Br)cc1Oc1cccc(Br)c1. The first kappa shape index (κ1) is 11.5. The van der Waals surface area contributed by atoms with Crippen LogP contribution in [0, 0.1) is 0 Å². The van der Waals surface area contributed by atoms with Crippen molar-refractivity contribution >= 4 is 37.5 Å². The first-order valence-electron chi connectivity index (χ1n) is 4.63. The van der Waals surface area contributed by atoms with Crippen LogP contribution in [0.15, 0.2) is 51.4 Å². The van der Waals surface area contributed by atoms with Crippen LogP contribution in [0.5, 0.6) is 11.5 Å². The van der Waals surface area contributed by atoms with Gasteiger partial charge in [-0.1, -0.05) is 37.9 Å². The molecule has 2 N–H and O–H groups in total. The highest BCUT2D eigenvalue weighted by Crippen LogP contribution is 2.31. The lowest BCUT2D eigenvalue weighted by atomic mass is 10.3. The summed E-state index contributed by atoms with van der Waals surface area (Å²) in [6.45, 7) is 0. The Kier molecular flexibility index (Phi) is 3.51. The molecule has 0 bridgehead atoms. The Labute approximate surface area is 111 Å². The van der Waals surface area contributed by atoms with Crippen molar-refractivity contribution in [1.82, 2.24) is 0 Å². The van der Waals surface area contributed by atoms with Crippen LogP contribution in [0.3, 0.4) is 0 Å². The molecule has 2 nitrogen and oxygen atoms in total. The molecule has 0 aromatic heterocycles. The molecule has 0 amide bonds. The minimum Gasteiger partial charge on any atom is -0.455 e. The van der Waals surface area contributed by atoms with Gasteiger partial charge in [-0.25, -0.2) is 0 Å². The molecule has 2 rings (SSSR count). The Morgan fingerprint density at radius 3 is 2.44 bits per heavy atom. The van der Waals surface area contributed by atoms with E-state index in [1.807, 2.05) is 36.4 Å². The number of anilines is 1. The van der Waals surface area contributed by atoms with Crippen molar-refractivity contribution in [3.63, 3.8) is 0 Å². The van der Waals surface area contributed by atoms with Gasteiger partial charge in [-0.15, -0.1) is 0 Å². The summed E-state index contributed by atoms with van der Waals surface area (Å²) < 4.78 is 7.59. The van der Waals surface area contributed by atoms with Crippen molar-refractivity contribution < 1.29 is 4.74 Å². The summed E-state index contributed by atoms with van der Waals surface area (Å²) in [5.74, 6) is 1.40. The fourth-order valence-corrected chi connectivity index (χ4v) is 1.97. The standard InChI is InChI=1S/C12H9Br2NO/c13-8-2-1-3-10(6-8)16-12-7-9(14)4-5-11(12)15/h1-7H,15H2. The van der Waals surface area contributed by atoms with Crippen LogP contribution < -0.4 is 10.5 Å². The molecule has 0 aliphatic heterocycles. The van der Waals surface area contributed by atoms with E-state index >= 15 is 0 Å². The van der Waals surface area contributed by atoms with Crippen molar-refractivity contribution in [3.05, 3.63) is 51.4 Å². The van der Waals surface area contributed by atoms with Crippen LogP contribution in [0.1, 0.15) is 0 Å². The molecule has 2 aromatic rings. The molecule has 0 aliphatic carbocycles. The fourth-order valence-electron chi connectivity index (χ4n) is 1.25. The molecule has 2 aromatic carbocycles. The van der Waals surface area contributed by atoms with Crippen molar-refractivity contribution in [3.8, 4) is 11.5 Å². The lowest BCUT2D eigenvalue weighted by molar-refractivity contribution is 0.484. The highest BCUT2D eigenvalue weighted by atomic mass is 79.9. The lowest BCUT2D eigenvalue weighted by Gasteiger charge is -2.08. The first-order chi connectivity index (χ1) is 7.65. The Bertz CT molecular complexity index is 514. The van der Waals surface area contributed by atoms with Crippen LogP contribution in [0.2, 0.25) is 0 Å². The topological polar surface area (TPSA) is 35.2 Å². The molecule has 0 radical (unpaired) electrons. The summed E-state index contributed by atoms with van der Waals surface area (Å²) >= 11 is 6.77. The summed E-state index contributed by atoms with van der Waals surface area (Å²) in [4.78, 5) is 0. The normalized spacial score (nSPS) is 10.1. The number of nitrogen functional groups attached to an aromatic ring is 1. The lowest BCUT2D eigenvalue weighted by Crippen LogP contribution is -1.91. The Morgan fingerprint density at radius 2 is 1.69 bits per heavy atom. The molecule has 0 saturated carbocycles. The summed E-state index contributed by atoms with van der Waals surface area (Å²) in [7, 11) is 0. The second-order valence-corrected chi connectivity index (χ2v) is 5.07. The van der Waals surface area contributed by atoms with Gasteiger partial charge in [-0.05, 0) is 36.4 Å². The van der Waals surface area contributed by atoms with Gasteiger partial charge >= 0.3 is 0 Å². The predicted octanol–water partition coefficient (Wildman–Crippen LogP) is 4.59. The Hall–Kier alpha value is -1.00. The van der Waals surface area contributed by atoms with Crippen molar-refractivity contribution in [2.24, 2.45) is 0 Å². The number of nitrogens with two attached hydrogens (primary N) is 1. The van der Waals surface area contributed by atoms with Gasteiger partial charge in [0.05, 0.1) is 5.69 Å². The fraction of sp³-hybridized carbons (Fsp3) is 0. The highest BCUT2D eigenvalue weighted by molar-refractivity contribution is 9.10. The molecule has 0 heterocycles. The maximum absolute atomic E-state index is 5.82. The minimum absolute atomic E-state index is 0.614. The number of ether oxygens (including phenoxy) is 1. The third-order valence-corrected chi connectivity index (χ3v) is 2.99. The second-order valence-electron chi connectivity index (χ2n) is 3.24. The molecule has 0 unspecified atom stereocenters. The van der Waals surface area contributed by atoms with E-state index < -0.39 is 0 Å². The predicted molar refractivity (Wildman–Crippen MR) is 72.8 cm³/mol. The quantitative estimate of drug-likeness (QED) is 0.810. The van der Waals surface area contributed by atoms with E-state index in [1.54, 1.807) is 6.07 Å². The second kappa shape index (κ2) is 4.89. The van der Waals surface area contributed by atoms with E-state index in [-0.39, 0.29) is 0 Å². The number of hydrogen-bond donors (Lipinski definition) is 1. The van der Waals surface area contributed by atoms with Crippen molar-refractivity contribution in [2.45, 2.75) is 0 Å². The Balaban J connectivity index is 2.30.